The van der Waals surface area contributed by atoms with Gasteiger partial charge in [-0.3, -0.25) is 9.35 Å². The van der Waals surface area contributed by atoms with Crippen LogP contribution in [0.1, 0.15) is 26.7 Å². The lowest BCUT2D eigenvalue weighted by Gasteiger charge is -2.35. The van der Waals surface area contributed by atoms with E-state index in [0.717, 1.165) is 6.42 Å². The van der Waals surface area contributed by atoms with Crippen LogP contribution in [0.15, 0.2) is 0 Å². The van der Waals surface area contributed by atoms with Crippen LogP contribution >= 0.6 is 0 Å². The zero-order chi connectivity index (χ0) is 12.4. The molecule has 0 aromatic carbocycles. The molecule has 0 spiro atoms. The molecular weight excluding hydrogens is 227 g/mol. The molecule has 0 aromatic heterocycles. The maximum absolute atomic E-state index is 12.0. The average molecular weight is 242 g/mol. The predicted octanol–water partition coefficient (Wildman–Crippen LogP) is 0.837. The van der Waals surface area contributed by atoms with E-state index in [2.05, 4.69) is 0 Å². The van der Waals surface area contributed by atoms with Crippen LogP contribution in [0.3, 0.4) is 0 Å². The van der Waals surface area contributed by atoms with Crippen molar-refractivity contribution in [3.05, 3.63) is 0 Å². The number of hydrogen-bond acceptors (Lipinski definition) is 3. The largest absolute Gasteiger partial charge is 0.300 e. The summed E-state index contributed by atoms with van der Waals surface area (Å²) in [5, 5.41) is 0. The summed E-state index contributed by atoms with van der Waals surface area (Å²) in [6, 6.07) is 0. The Morgan fingerprint density at radius 2 is 2.06 bits per heavy atom. The summed E-state index contributed by atoms with van der Waals surface area (Å²) in [6.07, 6.45) is 1.42. The average Bonchev–Trinajstić information content (AvgIpc) is 2.40. The van der Waals surface area contributed by atoms with Crippen LogP contribution in [0.5, 0.6) is 0 Å². The number of Topliss-reactive ketones (excluding diaryl/α,β-unsaturated/α-hetero) is 1. The van der Waals surface area contributed by atoms with E-state index in [1.807, 2.05) is 0 Å². The fourth-order valence-electron chi connectivity index (χ4n) is 3.63. The van der Waals surface area contributed by atoms with Crippen LogP contribution in [0.25, 0.3) is 0 Å². The van der Waals surface area contributed by atoms with Crippen molar-refractivity contribution in [2.75, 3.05) is 5.75 Å². The monoisotopic (exact) mass is 242 g/mol. The topological polar surface area (TPSA) is 71.4 Å². The maximum Gasteiger partial charge on any atom is 0.265 e. The van der Waals surface area contributed by atoms with Gasteiger partial charge in [0.15, 0.2) is 0 Å². The van der Waals surface area contributed by atoms with Crippen LogP contribution in [0.4, 0.5) is 0 Å². The van der Waals surface area contributed by atoms with Gasteiger partial charge < -0.3 is 0 Å². The van der Waals surface area contributed by atoms with Crippen LogP contribution < -0.4 is 0 Å². The van der Waals surface area contributed by atoms with E-state index in [1.165, 1.54) is 0 Å². The van der Waals surface area contributed by atoms with Crippen LogP contribution in [0, 0.1) is 16.7 Å². The van der Waals surface area contributed by atoms with Crippen molar-refractivity contribution in [2.24, 2.45) is 16.7 Å². The van der Waals surface area contributed by atoms with E-state index >= 15 is 0 Å². The van der Waals surface area contributed by atoms with E-state index in [1.54, 1.807) is 13.8 Å². The molecule has 6 heteroatoms. The molecule has 16 heavy (non-hydrogen) atoms. The highest BCUT2D eigenvalue weighted by Crippen LogP contribution is 2.67. The number of rotatable bonds is 2. The van der Waals surface area contributed by atoms with E-state index in [9.17, 15) is 13.2 Å². The third kappa shape index (κ3) is 1.32. The Morgan fingerprint density at radius 3 is 2.44 bits per heavy atom. The van der Waals surface area contributed by atoms with Crippen molar-refractivity contribution >= 4 is 23.7 Å². The summed E-state index contributed by atoms with van der Waals surface area (Å²) < 4.78 is 31.2. The van der Waals surface area contributed by atoms with Gasteiger partial charge in [-0.1, -0.05) is 13.8 Å². The SMILES string of the molecule is [B][C@@H]1C(=O)C2(C)CCC1C2(C)CS(=O)(=O)O. The summed E-state index contributed by atoms with van der Waals surface area (Å²) in [6.45, 7) is 3.52. The van der Waals surface area contributed by atoms with Gasteiger partial charge in [-0.05, 0) is 30.0 Å². The zero-order valence-corrected chi connectivity index (χ0v) is 10.3. The second kappa shape index (κ2) is 3.10. The predicted molar refractivity (Wildman–Crippen MR) is 59.9 cm³/mol. The Labute approximate surface area is 97.0 Å². The Balaban J connectivity index is 2.47. The summed E-state index contributed by atoms with van der Waals surface area (Å²) in [7, 11) is 1.73. The Hall–Kier alpha value is -0.355. The number of ketones is 1. The van der Waals surface area contributed by atoms with Gasteiger partial charge >= 0.3 is 0 Å². The zero-order valence-electron chi connectivity index (χ0n) is 9.43. The molecule has 88 valence electrons. The van der Waals surface area contributed by atoms with Crippen molar-refractivity contribution in [3.8, 4) is 0 Å². The highest BCUT2D eigenvalue weighted by atomic mass is 32.2. The molecule has 3 unspecified atom stereocenters. The molecule has 2 rings (SSSR count). The summed E-state index contributed by atoms with van der Waals surface area (Å²) >= 11 is 0. The minimum absolute atomic E-state index is 0.0603. The molecule has 2 saturated carbocycles. The van der Waals surface area contributed by atoms with Gasteiger partial charge in [0, 0.05) is 5.41 Å². The molecule has 0 heterocycles. The molecule has 1 N–H and O–H groups in total. The number of hydrogen-bond donors (Lipinski definition) is 1. The quantitative estimate of drug-likeness (QED) is 0.575. The summed E-state index contributed by atoms with van der Waals surface area (Å²) in [5.41, 5.74) is -1.43. The number of carbonyl (C=O) groups is 1. The van der Waals surface area contributed by atoms with E-state index in [4.69, 9.17) is 12.4 Å². The van der Waals surface area contributed by atoms with Gasteiger partial charge in [0.25, 0.3) is 10.1 Å². The maximum atomic E-state index is 12.0. The Morgan fingerprint density at radius 1 is 1.50 bits per heavy atom. The second-order valence-electron chi connectivity index (χ2n) is 5.51. The molecule has 0 aromatic rings. The number of carbonyl (C=O) groups excluding carboxylic acids is 1. The molecule has 4 atom stereocenters. The molecule has 0 saturated heterocycles. The van der Waals surface area contributed by atoms with Crippen molar-refractivity contribution < 1.29 is 17.8 Å². The first-order chi connectivity index (χ1) is 7.12. The molecule has 4 nitrogen and oxygen atoms in total. The first kappa shape index (κ1) is 12.1. The third-order valence-corrected chi connectivity index (χ3v) is 5.76. The minimum Gasteiger partial charge on any atom is -0.300 e. The molecule has 0 aliphatic heterocycles. The number of fused-ring (bicyclic) bond motifs is 2. The first-order valence-corrected chi connectivity index (χ1v) is 6.98. The molecule has 2 radical (unpaired) electrons. The first-order valence-electron chi connectivity index (χ1n) is 5.37. The highest BCUT2D eigenvalue weighted by Gasteiger charge is 2.67. The normalized spacial score (nSPS) is 47.6. The van der Waals surface area contributed by atoms with Gasteiger partial charge in [-0.25, -0.2) is 0 Å². The van der Waals surface area contributed by atoms with Gasteiger partial charge in [-0.15, -0.1) is 0 Å². The third-order valence-electron chi connectivity index (χ3n) is 4.80. The Kier molecular flexibility index (Phi) is 2.35. The fraction of sp³-hybridized carbons (Fsp3) is 0.900. The fourth-order valence-corrected chi connectivity index (χ4v) is 4.92. The van der Waals surface area contributed by atoms with Crippen molar-refractivity contribution in [1.82, 2.24) is 0 Å². The minimum atomic E-state index is -4.08. The van der Waals surface area contributed by atoms with Gasteiger partial charge in [0.1, 0.15) is 5.78 Å². The van der Waals surface area contributed by atoms with Gasteiger partial charge in [-0.2, -0.15) is 8.42 Å². The van der Waals surface area contributed by atoms with Crippen molar-refractivity contribution in [2.45, 2.75) is 32.5 Å². The molecular formula is C10H15BO4S. The van der Waals surface area contributed by atoms with Crippen molar-refractivity contribution in [1.29, 1.82) is 0 Å². The summed E-state index contributed by atoms with van der Waals surface area (Å²) in [5.74, 6) is -1.15. The molecule has 2 aliphatic rings. The van der Waals surface area contributed by atoms with Gasteiger partial charge in [0.2, 0.25) is 0 Å². The molecule has 2 fully saturated rings. The van der Waals surface area contributed by atoms with Crippen LogP contribution in [-0.4, -0.2) is 32.4 Å². The van der Waals surface area contributed by atoms with Crippen LogP contribution in [-0.2, 0) is 14.9 Å². The molecule has 0 amide bonds. The molecule has 2 bridgehead atoms. The van der Waals surface area contributed by atoms with Gasteiger partial charge in [0.05, 0.1) is 13.6 Å². The van der Waals surface area contributed by atoms with Crippen molar-refractivity contribution in [3.63, 3.8) is 0 Å². The van der Waals surface area contributed by atoms with E-state index in [0.29, 0.717) is 6.42 Å². The van der Waals surface area contributed by atoms with E-state index < -0.39 is 26.8 Å². The standard InChI is InChI=1S/C10H15BO4S/c1-9-4-3-6(7(11)8(9)12)10(9,2)5-16(13,14)15/h6-7H,3-5H2,1-2H3,(H,13,14,15)/t6?,7-,9?,10?/m0/s1. The van der Waals surface area contributed by atoms with E-state index in [-0.39, 0.29) is 17.5 Å². The molecule has 2 aliphatic carbocycles. The van der Waals surface area contributed by atoms with Crippen LogP contribution in [0.2, 0.25) is 5.82 Å². The lowest BCUT2D eigenvalue weighted by atomic mass is 9.70. The Bertz CT molecular complexity index is 446. The second-order valence-corrected chi connectivity index (χ2v) is 6.96. The lowest BCUT2D eigenvalue weighted by Crippen LogP contribution is -2.40. The summed E-state index contributed by atoms with van der Waals surface area (Å²) in [4.78, 5) is 12.0. The smallest absolute Gasteiger partial charge is 0.265 e. The lowest BCUT2D eigenvalue weighted by molar-refractivity contribution is -0.128. The highest BCUT2D eigenvalue weighted by molar-refractivity contribution is 7.85.